The zero-order chi connectivity index (χ0) is 23.6. The van der Waals surface area contributed by atoms with Crippen LogP contribution in [0.1, 0.15) is 63.9 Å². The second-order valence-electron chi connectivity index (χ2n) is 9.61. The molecule has 0 aromatic heterocycles. The Morgan fingerprint density at radius 2 is 1.85 bits per heavy atom. The van der Waals surface area contributed by atoms with Crippen LogP contribution >= 0.6 is 0 Å². The Bertz CT molecular complexity index is 958. The SMILES string of the molecule is CC(=O)OC(CCN1C(=O)N[C@@H]2C[C@H](OS(=O)(=O)c3ccc(C)cc3)C[C@@H]21)C1CCCCC1. The largest absolute Gasteiger partial charge is 0.462 e. The van der Waals surface area contributed by atoms with E-state index < -0.39 is 16.2 Å². The Kier molecular flexibility index (Phi) is 7.28. The van der Waals surface area contributed by atoms with Crippen molar-refractivity contribution in [2.45, 2.75) is 94.4 Å². The summed E-state index contributed by atoms with van der Waals surface area (Å²) in [6.07, 6.45) is 6.41. The lowest BCUT2D eigenvalue weighted by molar-refractivity contribution is -0.150. The molecule has 1 heterocycles. The van der Waals surface area contributed by atoms with Gasteiger partial charge in [-0.15, -0.1) is 0 Å². The summed E-state index contributed by atoms with van der Waals surface area (Å²) in [5, 5.41) is 2.98. The third-order valence-electron chi connectivity index (χ3n) is 7.18. The van der Waals surface area contributed by atoms with E-state index in [1.165, 1.54) is 13.3 Å². The molecule has 3 fully saturated rings. The summed E-state index contributed by atoms with van der Waals surface area (Å²) in [5.41, 5.74) is 0.975. The van der Waals surface area contributed by atoms with E-state index in [1.807, 2.05) is 6.92 Å². The molecular formula is C24H34N2O6S. The van der Waals surface area contributed by atoms with E-state index in [9.17, 15) is 18.0 Å². The first kappa shape index (κ1) is 24.0. The fourth-order valence-electron chi connectivity index (χ4n) is 5.52. The third-order valence-corrected chi connectivity index (χ3v) is 8.55. The minimum atomic E-state index is -3.86. The number of urea groups is 1. The molecule has 0 spiro atoms. The zero-order valence-corrected chi connectivity index (χ0v) is 20.2. The summed E-state index contributed by atoms with van der Waals surface area (Å²) < 4.78 is 36.6. The second-order valence-corrected chi connectivity index (χ2v) is 11.2. The molecule has 1 aromatic carbocycles. The number of benzene rings is 1. The fourth-order valence-corrected chi connectivity index (χ4v) is 6.62. The van der Waals surface area contributed by atoms with Crippen LogP contribution in [-0.4, -0.2) is 56.2 Å². The number of ether oxygens (including phenoxy) is 1. The molecular weight excluding hydrogens is 444 g/mol. The minimum Gasteiger partial charge on any atom is -0.462 e. The van der Waals surface area contributed by atoms with Gasteiger partial charge < -0.3 is 15.0 Å². The molecule has 2 amide bonds. The van der Waals surface area contributed by atoms with Crippen LogP contribution in [0.5, 0.6) is 0 Å². The quantitative estimate of drug-likeness (QED) is 0.453. The Balaban J connectivity index is 1.37. The number of rotatable bonds is 8. The molecule has 1 unspecified atom stereocenters. The number of nitrogens with one attached hydrogen (secondary N) is 1. The van der Waals surface area contributed by atoms with Crippen molar-refractivity contribution in [3.8, 4) is 0 Å². The monoisotopic (exact) mass is 478 g/mol. The minimum absolute atomic E-state index is 0.125. The van der Waals surface area contributed by atoms with Crippen molar-refractivity contribution in [3.63, 3.8) is 0 Å². The number of amides is 2. The van der Waals surface area contributed by atoms with Gasteiger partial charge in [-0.05, 0) is 50.7 Å². The Hall–Kier alpha value is -2.13. The number of hydrogen-bond acceptors (Lipinski definition) is 6. The topological polar surface area (TPSA) is 102 Å². The molecule has 1 saturated heterocycles. The van der Waals surface area contributed by atoms with E-state index in [0.717, 1.165) is 31.2 Å². The summed E-state index contributed by atoms with van der Waals surface area (Å²) in [6.45, 7) is 3.80. The highest BCUT2D eigenvalue weighted by Gasteiger charge is 2.47. The predicted molar refractivity (Wildman–Crippen MR) is 122 cm³/mol. The number of carbonyl (C=O) groups excluding carboxylic acids is 2. The zero-order valence-electron chi connectivity index (χ0n) is 19.4. The molecule has 1 N–H and O–H groups in total. The fraction of sp³-hybridized carbons (Fsp3) is 0.667. The van der Waals surface area contributed by atoms with Crippen molar-refractivity contribution in [1.82, 2.24) is 10.2 Å². The van der Waals surface area contributed by atoms with Crippen LogP contribution in [0.2, 0.25) is 0 Å². The summed E-state index contributed by atoms with van der Waals surface area (Å²) in [5.74, 6) is 0.0494. The maximum atomic E-state index is 12.7. The van der Waals surface area contributed by atoms with Gasteiger partial charge in [0.2, 0.25) is 0 Å². The van der Waals surface area contributed by atoms with Gasteiger partial charge in [0.15, 0.2) is 0 Å². The molecule has 8 nitrogen and oxygen atoms in total. The van der Waals surface area contributed by atoms with Gasteiger partial charge in [0.05, 0.1) is 23.1 Å². The van der Waals surface area contributed by atoms with E-state index in [0.29, 0.717) is 31.7 Å². The van der Waals surface area contributed by atoms with E-state index in [-0.39, 0.29) is 35.1 Å². The molecule has 1 aromatic rings. The number of hydrogen-bond donors (Lipinski definition) is 1. The van der Waals surface area contributed by atoms with E-state index >= 15 is 0 Å². The average molecular weight is 479 g/mol. The van der Waals surface area contributed by atoms with Crippen molar-refractivity contribution >= 4 is 22.1 Å². The lowest BCUT2D eigenvalue weighted by atomic mass is 9.84. The van der Waals surface area contributed by atoms with Gasteiger partial charge in [-0.3, -0.25) is 8.98 Å². The summed E-state index contributed by atoms with van der Waals surface area (Å²) in [6, 6.07) is 6.18. The maximum Gasteiger partial charge on any atom is 0.318 e. The van der Waals surface area contributed by atoms with Gasteiger partial charge in [0, 0.05) is 19.9 Å². The second kappa shape index (κ2) is 10.0. The highest BCUT2D eigenvalue weighted by atomic mass is 32.2. The van der Waals surface area contributed by atoms with Crippen LogP contribution in [0.3, 0.4) is 0 Å². The Labute approximate surface area is 196 Å². The van der Waals surface area contributed by atoms with Crippen LogP contribution in [0.4, 0.5) is 4.79 Å². The number of fused-ring (bicyclic) bond motifs is 1. The van der Waals surface area contributed by atoms with E-state index in [4.69, 9.17) is 8.92 Å². The Morgan fingerprint density at radius 1 is 1.15 bits per heavy atom. The number of aryl methyl sites for hydroxylation is 1. The van der Waals surface area contributed by atoms with Gasteiger partial charge in [0.25, 0.3) is 10.1 Å². The lowest BCUT2D eigenvalue weighted by Gasteiger charge is -2.31. The summed E-state index contributed by atoms with van der Waals surface area (Å²) >= 11 is 0. The lowest BCUT2D eigenvalue weighted by Crippen LogP contribution is -2.39. The molecule has 4 rings (SSSR count). The molecule has 2 aliphatic carbocycles. The molecule has 1 aliphatic heterocycles. The van der Waals surface area contributed by atoms with Gasteiger partial charge in [0.1, 0.15) is 6.10 Å². The molecule has 3 aliphatic rings. The molecule has 0 bridgehead atoms. The highest BCUT2D eigenvalue weighted by molar-refractivity contribution is 7.86. The summed E-state index contributed by atoms with van der Waals surface area (Å²) in [7, 11) is -3.86. The normalized spacial score (nSPS) is 26.7. The maximum absolute atomic E-state index is 12.7. The van der Waals surface area contributed by atoms with Crippen LogP contribution in [0.15, 0.2) is 29.2 Å². The first-order valence-corrected chi connectivity index (χ1v) is 13.4. The number of carbonyl (C=O) groups is 2. The van der Waals surface area contributed by atoms with Gasteiger partial charge in [-0.1, -0.05) is 37.0 Å². The molecule has 9 heteroatoms. The third kappa shape index (κ3) is 5.69. The average Bonchev–Trinajstić information content (AvgIpc) is 3.27. The van der Waals surface area contributed by atoms with Crippen molar-refractivity contribution in [2.24, 2.45) is 5.92 Å². The summed E-state index contributed by atoms with van der Waals surface area (Å²) in [4.78, 5) is 26.2. The number of nitrogens with zero attached hydrogens (tertiary/aromatic N) is 1. The first-order chi connectivity index (χ1) is 15.7. The van der Waals surface area contributed by atoms with Crippen molar-refractivity contribution in [2.75, 3.05) is 6.54 Å². The van der Waals surface area contributed by atoms with Crippen molar-refractivity contribution < 1.29 is 26.9 Å². The molecule has 182 valence electrons. The van der Waals surface area contributed by atoms with E-state index in [2.05, 4.69) is 5.32 Å². The van der Waals surface area contributed by atoms with E-state index in [1.54, 1.807) is 29.2 Å². The highest BCUT2D eigenvalue weighted by Crippen LogP contribution is 2.35. The molecule has 4 atom stereocenters. The van der Waals surface area contributed by atoms with Gasteiger partial charge in [-0.25, -0.2) is 4.79 Å². The van der Waals surface area contributed by atoms with Crippen LogP contribution in [0, 0.1) is 12.8 Å². The molecule has 2 saturated carbocycles. The molecule has 0 radical (unpaired) electrons. The smallest absolute Gasteiger partial charge is 0.318 e. The van der Waals surface area contributed by atoms with Crippen LogP contribution < -0.4 is 5.32 Å². The van der Waals surface area contributed by atoms with Crippen molar-refractivity contribution in [3.05, 3.63) is 29.8 Å². The van der Waals surface area contributed by atoms with Crippen molar-refractivity contribution in [1.29, 1.82) is 0 Å². The Morgan fingerprint density at radius 3 is 2.52 bits per heavy atom. The predicted octanol–water partition coefficient (Wildman–Crippen LogP) is 3.53. The van der Waals surface area contributed by atoms with Gasteiger partial charge in [-0.2, -0.15) is 8.42 Å². The van der Waals surface area contributed by atoms with Crippen LogP contribution in [-0.2, 0) is 23.8 Å². The van der Waals surface area contributed by atoms with Crippen LogP contribution in [0.25, 0.3) is 0 Å². The standard InChI is InChI=1S/C24H34N2O6S/c1-16-8-10-20(11-9-16)33(29,30)32-19-14-21-22(15-19)26(24(28)25-21)13-12-23(31-17(2)27)18-6-4-3-5-7-18/h8-11,18-19,21-23H,3-7,12-15H2,1-2H3,(H,25,28)/t19-,21+,22-,23?/m0/s1. The van der Waals surface area contributed by atoms with Gasteiger partial charge >= 0.3 is 12.0 Å². The molecule has 33 heavy (non-hydrogen) atoms. The number of esters is 1. The first-order valence-electron chi connectivity index (χ1n) is 12.0.